The zero-order valence-electron chi connectivity index (χ0n) is 15.9. The molecule has 8 heteroatoms. The van der Waals surface area contributed by atoms with E-state index in [4.69, 9.17) is 0 Å². The van der Waals surface area contributed by atoms with Crippen molar-refractivity contribution in [1.29, 1.82) is 0 Å². The van der Waals surface area contributed by atoms with Crippen molar-refractivity contribution >= 4 is 11.7 Å². The molecule has 0 saturated carbocycles. The Bertz CT molecular complexity index is 875. The first-order valence-corrected chi connectivity index (χ1v) is 9.50. The van der Waals surface area contributed by atoms with Gasteiger partial charge in [-0.3, -0.25) is 4.79 Å². The van der Waals surface area contributed by atoms with Gasteiger partial charge in [0.1, 0.15) is 11.9 Å². The summed E-state index contributed by atoms with van der Waals surface area (Å²) in [5.74, 6) is 0.274. The number of nitrogens with zero attached hydrogens (tertiary/aromatic N) is 3. The number of piperidine rings is 1. The topological polar surface area (TPSA) is 90.4 Å². The number of benzene rings is 1. The number of nitrogens with one attached hydrogen (secondary N) is 2. The van der Waals surface area contributed by atoms with E-state index in [-0.39, 0.29) is 23.7 Å². The fraction of sp³-hybridized carbons (Fsp3) is 0.450. The lowest BCUT2D eigenvalue weighted by atomic mass is 9.96. The molecule has 2 aliphatic heterocycles. The summed E-state index contributed by atoms with van der Waals surface area (Å²) in [6.45, 7) is 0. The van der Waals surface area contributed by atoms with Crippen LogP contribution in [0, 0.1) is 0 Å². The van der Waals surface area contributed by atoms with Gasteiger partial charge in [-0.05, 0) is 49.6 Å². The Balaban J connectivity index is 1.53. The molecule has 2 fully saturated rings. The molecule has 3 heterocycles. The smallest absolute Gasteiger partial charge is 0.251 e. The number of amides is 1. The summed E-state index contributed by atoms with van der Waals surface area (Å²) in [5.41, 5.74) is 1.33. The maximum Gasteiger partial charge on any atom is 0.251 e. The minimum atomic E-state index is -0.938. The zero-order chi connectivity index (χ0) is 19.8. The largest absolute Gasteiger partial charge is 0.507 e. The lowest BCUT2D eigenvalue weighted by Gasteiger charge is -2.38. The van der Waals surface area contributed by atoms with E-state index in [9.17, 15) is 14.3 Å². The number of rotatable bonds is 4. The number of aromatic hydroxyl groups is 1. The first-order valence-electron chi connectivity index (χ1n) is 9.50. The highest BCUT2D eigenvalue weighted by Gasteiger charge is 2.43. The van der Waals surface area contributed by atoms with Crippen molar-refractivity contribution < 1.29 is 14.3 Å². The number of phenolic OH excluding ortho intramolecular Hbond substituents is 1. The molecule has 0 spiro atoms. The van der Waals surface area contributed by atoms with Gasteiger partial charge in [0.25, 0.3) is 5.91 Å². The number of halogens is 1. The van der Waals surface area contributed by atoms with E-state index in [1.165, 1.54) is 13.1 Å². The molecule has 2 unspecified atom stereocenters. The second kappa shape index (κ2) is 7.35. The summed E-state index contributed by atoms with van der Waals surface area (Å²) >= 11 is 0. The van der Waals surface area contributed by atoms with Crippen LogP contribution in [0.1, 0.15) is 29.6 Å². The maximum absolute atomic E-state index is 14.8. The Kier molecular flexibility index (Phi) is 4.89. The molecule has 2 saturated heterocycles. The molecule has 1 aromatic heterocycles. The number of anilines is 1. The first-order chi connectivity index (χ1) is 13.5. The van der Waals surface area contributed by atoms with Gasteiger partial charge in [-0.25, -0.2) is 4.39 Å². The lowest BCUT2D eigenvalue weighted by molar-refractivity contribution is 0.0962. The maximum atomic E-state index is 14.8. The summed E-state index contributed by atoms with van der Waals surface area (Å²) in [5, 5.41) is 24.6. The number of hydrogen-bond acceptors (Lipinski definition) is 6. The number of alkyl halides is 1. The average molecular weight is 385 g/mol. The van der Waals surface area contributed by atoms with Crippen molar-refractivity contribution in [3.8, 4) is 17.0 Å². The van der Waals surface area contributed by atoms with Crippen LogP contribution in [0.15, 0.2) is 30.3 Å². The van der Waals surface area contributed by atoms with Crippen molar-refractivity contribution in [3.05, 3.63) is 35.9 Å². The van der Waals surface area contributed by atoms with Gasteiger partial charge in [0.05, 0.1) is 11.7 Å². The van der Waals surface area contributed by atoms with Crippen LogP contribution in [-0.2, 0) is 0 Å². The Hall–Kier alpha value is -2.74. The molecule has 3 N–H and O–H groups in total. The van der Waals surface area contributed by atoms with E-state index in [0.29, 0.717) is 28.7 Å². The van der Waals surface area contributed by atoms with Gasteiger partial charge in [-0.2, -0.15) is 0 Å². The third-order valence-corrected chi connectivity index (χ3v) is 5.83. The van der Waals surface area contributed by atoms with E-state index in [1.54, 1.807) is 24.3 Å². The second-order valence-corrected chi connectivity index (χ2v) is 7.49. The number of carbonyl (C=O) groups excluding carboxylic acids is 1. The van der Waals surface area contributed by atoms with Gasteiger partial charge >= 0.3 is 0 Å². The fourth-order valence-electron chi connectivity index (χ4n) is 4.21. The van der Waals surface area contributed by atoms with Crippen LogP contribution in [-0.4, -0.2) is 59.6 Å². The number of phenols is 1. The Morgan fingerprint density at radius 3 is 2.79 bits per heavy atom. The molecule has 148 valence electrons. The zero-order valence-corrected chi connectivity index (χ0v) is 15.9. The normalized spacial score (nSPS) is 26.1. The third kappa shape index (κ3) is 3.28. The molecule has 28 heavy (non-hydrogen) atoms. The quantitative estimate of drug-likeness (QED) is 0.745. The minimum Gasteiger partial charge on any atom is -0.507 e. The van der Waals surface area contributed by atoms with Gasteiger partial charge < -0.3 is 20.6 Å². The number of fused-ring (bicyclic) bond motifs is 2. The van der Waals surface area contributed by atoms with Crippen LogP contribution in [0.3, 0.4) is 0 Å². The molecule has 0 radical (unpaired) electrons. The van der Waals surface area contributed by atoms with Crippen molar-refractivity contribution in [3.63, 3.8) is 0 Å². The van der Waals surface area contributed by atoms with Crippen LogP contribution in [0.25, 0.3) is 11.3 Å². The highest BCUT2D eigenvalue weighted by atomic mass is 19.1. The summed E-state index contributed by atoms with van der Waals surface area (Å²) in [6.07, 6.45) is 1.71. The fourth-order valence-corrected chi connectivity index (χ4v) is 4.21. The van der Waals surface area contributed by atoms with E-state index in [1.807, 2.05) is 11.9 Å². The lowest BCUT2D eigenvalue weighted by Crippen LogP contribution is -2.55. The standard InChI is InChI=1S/C20H24FN5O2/c1-22-20(28)11-3-5-13(17(27)9-11)14-7-8-18(25-24-14)26(2)16-10-12-4-6-15(23-12)19(16)21/h3,5,7-9,12,15-16,19,23,27H,4,6,10H2,1-2H3,(H,22,28)/t12?,15?,16-,19+/m1/s1. The van der Waals surface area contributed by atoms with E-state index in [0.717, 1.165) is 19.3 Å². The summed E-state index contributed by atoms with van der Waals surface area (Å²) in [4.78, 5) is 13.5. The molecular formula is C20H24FN5O2. The Labute approximate surface area is 163 Å². The van der Waals surface area contributed by atoms with Crippen molar-refractivity contribution in [1.82, 2.24) is 20.8 Å². The summed E-state index contributed by atoms with van der Waals surface area (Å²) < 4.78 is 14.8. The van der Waals surface area contributed by atoms with Crippen LogP contribution < -0.4 is 15.5 Å². The van der Waals surface area contributed by atoms with E-state index in [2.05, 4.69) is 20.8 Å². The minimum absolute atomic E-state index is 0.0461. The highest BCUT2D eigenvalue weighted by Crippen LogP contribution is 2.34. The summed E-state index contributed by atoms with van der Waals surface area (Å²) in [7, 11) is 3.38. The van der Waals surface area contributed by atoms with Gasteiger partial charge in [-0.15, -0.1) is 10.2 Å². The Morgan fingerprint density at radius 2 is 2.11 bits per heavy atom. The van der Waals surface area contributed by atoms with Gasteiger partial charge in [0.15, 0.2) is 5.82 Å². The predicted octanol–water partition coefficient (Wildman–Crippen LogP) is 1.88. The van der Waals surface area contributed by atoms with Crippen LogP contribution in [0.2, 0.25) is 0 Å². The van der Waals surface area contributed by atoms with Gasteiger partial charge in [-0.1, -0.05) is 0 Å². The van der Waals surface area contributed by atoms with Crippen LogP contribution >= 0.6 is 0 Å². The molecule has 0 aliphatic carbocycles. The molecule has 1 amide bonds. The third-order valence-electron chi connectivity index (χ3n) is 5.83. The van der Waals surface area contributed by atoms with Gasteiger partial charge in [0, 0.05) is 37.3 Å². The van der Waals surface area contributed by atoms with E-state index < -0.39 is 6.17 Å². The molecule has 1 aromatic carbocycles. The molecule has 4 rings (SSSR count). The molecule has 7 nitrogen and oxygen atoms in total. The molecular weight excluding hydrogens is 361 g/mol. The molecule has 2 bridgehead atoms. The molecule has 4 atom stereocenters. The number of carbonyl (C=O) groups is 1. The number of aromatic nitrogens is 2. The Morgan fingerprint density at radius 1 is 1.29 bits per heavy atom. The molecule has 2 aliphatic rings. The van der Waals surface area contributed by atoms with Crippen LogP contribution in [0.5, 0.6) is 5.75 Å². The average Bonchev–Trinajstić information content (AvgIpc) is 3.13. The van der Waals surface area contributed by atoms with Crippen molar-refractivity contribution in [2.75, 3.05) is 19.0 Å². The SMILES string of the molecule is CNC(=O)c1ccc(-c2ccc(N(C)[C@@H]3CC4CCC(N4)[C@@H]3F)nn2)c(O)c1. The predicted molar refractivity (Wildman–Crippen MR) is 104 cm³/mol. The highest BCUT2D eigenvalue weighted by molar-refractivity contribution is 5.95. The van der Waals surface area contributed by atoms with E-state index >= 15 is 0 Å². The van der Waals surface area contributed by atoms with Crippen molar-refractivity contribution in [2.45, 2.75) is 43.6 Å². The van der Waals surface area contributed by atoms with Crippen LogP contribution in [0.4, 0.5) is 10.2 Å². The van der Waals surface area contributed by atoms with Gasteiger partial charge in [0.2, 0.25) is 0 Å². The summed E-state index contributed by atoms with van der Waals surface area (Å²) in [6, 6.07) is 8.25. The number of hydrogen-bond donors (Lipinski definition) is 3. The van der Waals surface area contributed by atoms with Crippen molar-refractivity contribution in [2.24, 2.45) is 0 Å². The second-order valence-electron chi connectivity index (χ2n) is 7.49. The monoisotopic (exact) mass is 385 g/mol. The first kappa shape index (κ1) is 18.6. The molecule has 2 aromatic rings.